The monoisotopic (exact) mass is 294 g/mol. The van der Waals surface area contributed by atoms with Gasteiger partial charge >= 0.3 is 0 Å². The van der Waals surface area contributed by atoms with E-state index in [1.807, 2.05) is 0 Å². The molecule has 0 spiro atoms. The van der Waals surface area contributed by atoms with Gasteiger partial charge in [-0.1, -0.05) is 36.1 Å². The van der Waals surface area contributed by atoms with Crippen molar-refractivity contribution >= 4 is 12.6 Å². The molecule has 2 aromatic rings. The average molecular weight is 294 g/mol. The van der Waals surface area contributed by atoms with Crippen molar-refractivity contribution in [2.75, 3.05) is 13.2 Å². The zero-order chi connectivity index (χ0) is 15.6. The maximum absolute atomic E-state index is 10.6. The molecular weight excluding hydrogens is 280 g/mol. The van der Waals surface area contributed by atoms with Crippen LogP contribution in [0.1, 0.15) is 20.7 Å². The minimum absolute atomic E-state index is 0.208. The molecule has 0 aromatic heterocycles. The lowest BCUT2D eigenvalue weighted by molar-refractivity contribution is 0.111. The Bertz CT molecular complexity index is 651. The van der Waals surface area contributed by atoms with Gasteiger partial charge in [-0.2, -0.15) is 0 Å². The molecule has 0 saturated carbocycles. The molecule has 4 nitrogen and oxygen atoms in total. The highest BCUT2D eigenvalue weighted by Crippen LogP contribution is 2.12. The topological polar surface area (TPSA) is 52.6 Å². The highest BCUT2D eigenvalue weighted by molar-refractivity contribution is 5.75. The molecule has 0 aliphatic rings. The van der Waals surface area contributed by atoms with Crippen molar-refractivity contribution < 1.29 is 19.1 Å². The van der Waals surface area contributed by atoms with Gasteiger partial charge in [0.25, 0.3) is 0 Å². The Morgan fingerprint density at radius 2 is 1.23 bits per heavy atom. The summed E-state index contributed by atoms with van der Waals surface area (Å²) in [5, 5.41) is 0. The van der Waals surface area contributed by atoms with Gasteiger partial charge in [-0.05, 0) is 24.3 Å². The van der Waals surface area contributed by atoms with Gasteiger partial charge in [0, 0.05) is 11.1 Å². The maximum Gasteiger partial charge on any atom is 0.150 e. The van der Waals surface area contributed by atoms with E-state index in [9.17, 15) is 9.59 Å². The molecule has 0 atom stereocenters. The first-order chi connectivity index (χ1) is 10.8. The Kier molecular flexibility index (Phi) is 5.77. The first-order valence-electron chi connectivity index (χ1n) is 6.63. The third-order valence-electron chi connectivity index (χ3n) is 2.74. The average Bonchev–Trinajstić information content (AvgIpc) is 2.58. The van der Waals surface area contributed by atoms with Crippen molar-refractivity contribution in [1.29, 1.82) is 0 Å². The molecule has 0 saturated heterocycles. The molecule has 22 heavy (non-hydrogen) atoms. The van der Waals surface area contributed by atoms with Crippen molar-refractivity contribution in [2.24, 2.45) is 0 Å². The number of aldehydes is 2. The van der Waals surface area contributed by atoms with Gasteiger partial charge in [-0.25, -0.2) is 0 Å². The second kappa shape index (κ2) is 8.28. The van der Waals surface area contributed by atoms with Crippen LogP contribution in [-0.4, -0.2) is 25.8 Å². The summed E-state index contributed by atoms with van der Waals surface area (Å²) in [6.45, 7) is 0.417. The zero-order valence-electron chi connectivity index (χ0n) is 11.8. The van der Waals surface area contributed by atoms with Crippen LogP contribution in [0.2, 0.25) is 0 Å². The molecular formula is C18H14O4. The van der Waals surface area contributed by atoms with Crippen LogP contribution in [0.25, 0.3) is 0 Å². The van der Waals surface area contributed by atoms with Crippen LogP contribution in [0, 0.1) is 11.8 Å². The molecule has 0 unspecified atom stereocenters. The molecule has 0 bridgehead atoms. The van der Waals surface area contributed by atoms with Crippen LogP contribution in [0.5, 0.6) is 11.5 Å². The maximum atomic E-state index is 10.6. The van der Waals surface area contributed by atoms with E-state index in [4.69, 9.17) is 9.47 Å². The van der Waals surface area contributed by atoms with E-state index in [0.29, 0.717) is 22.6 Å². The van der Waals surface area contributed by atoms with Crippen molar-refractivity contribution in [2.45, 2.75) is 0 Å². The fourth-order valence-corrected chi connectivity index (χ4v) is 1.70. The van der Waals surface area contributed by atoms with Crippen molar-refractivity contribution in [3.8, 4) is 23.3 Å². The Morgan fingerprint density at radius 1 is 0.773 bits per heavy atom. The second-order valence-electron chi connectivity index (χ2n) is 4.31. The number of rotatable bonds is 6. The Hall–Kier alpha value is -3.06. The van der Waals surface area contributed by atoms with Crippen molar-refractivity contribution in [3.05, 3.63) is 59.7 Å². The Balaban J connectivity index is 1.77. The number of carbonyl (C=O) groups excluding carboxylic acids is 2. The minimum Gasteiger partial charge on any atom is -0.481 e. The molecule has 4 heteroatoms. The third kappa shape index (κ3) is 4.80. The fourth-order valence-electron chi connectivity index (χ4n) is 1.70. The van der Waals surface area contributed by atoms with Crippen molar-refractivity contribution in [3.63, 3.8) is 0 Å². The minimum atomic E-state index is 0.208. The summed E-state index contributed by atoms with van der Waals surface area (Å²) in [6, 6.07) is 13.7. The summed E-state index contributed by atoms with van der Waals surface area (Å²) < 4.78 is 10.8. The molecule has 0 radical (unpaired) electrons. The van der Waals surface area contributed by atoms with Gasteiger partial charge in [0.2, 0.25) is 0 Å². The number of benzene rings is 2. The summed E-state index contributed by atoms with van der Waals surface area (Å²) in [6.07, 6.45) is 1.53. The van der Waals surface area contributed by atoms with E-state index in [1.54, 1.807) is 48.5 Å². The first-order valence-corrected chi connectivity index (χ1v) is 6.63. The van der Waals surface area contributed by atoms with Crippen molar-refractivity contribution in [1.82, 2.24) is 0 Å². The normalized spacial score (nSPS) is 9.27. The van der Waals surface area contributed by atoms with Crippen LogP contribution < -0.4 is 9.47 Å². The Labute approximate surface area is 128 Å². The summed E-state index contributed by atoms with van der Waals surface area (Å²) >= 11 is 0. The predicted octanol–water partition coefficient (Wildman–Crippen LogP) is 2.77. The number of ether oxygens (including phenoxy) is 2. The Morgan fingerprint density at radius 3 is 1.64 bits per heavy atom. The first kappa shape index (κ1) is 15.3. The summed E-state index contributed by atoms with van der Waals surface area (Å²) in [5.41, 5.74) is 1.12. The molecule has 0 N–H and O–H groups in total. The predicted molar refractivity (Wildman–Crippen MR) is 82.4 cm³/mol. The number of hydrogen-bond acceptors (Lipinski definition) is 4. The largest absolute Gasteiger partial charge is 0.481 e. The summed E-state index contributed by atoms with van der Waals surface area (Å²) in [5.74, 6) is 6.82. The smallest absolute Gasteiger partial charge is 0.150 e. The SMILES string of the molecule is O=Cc1cccc(OCC#CCOc2cccc(C=O)c2)c1. The van der Waals surface area contributed by atoms with Crippen LogP contribution in [0.15, 0.2) is 48.5 Å². The van der Waals surface area contributed by atoms with Gasteiger partial charge < -0.3 is 9.47 Å². The van der Waals surface area contributed by atoms with E-state index in [2.05, 4.69) is 11.8 Å². The van der Waals surface area contributed by atoms with Gasteiger partial charge in [0.05, 0.1) is 0 Å². The molecule has 0 amide bonds. The van der Waals surface area contributed by atoms with Crippen LogP contribution >= 0.6 is 0 Å². The zero-order valence-corrected chi connectivity index (χ0v) is 11.8. The van der Waals surface area contributed by atoms with Gasteiger partial charge in [-0.3, -0.25) is 9.59 Å². The van der Waals surface area contributed by atoms with Gasteiger partial charge in [-0.15, -0.1) is 0 Å². The quantitative estimate of drug-likeness (QED) is 0.607. The lowest BCUT2D eigenvalue weighted by Gasteiger charge is -2.02. The third-order valence-corrected chi connectivity index (χ3v) is 2.74. The van der Waals surface area contributed by atoms with E-state index < -0.39 is 0 Å². The summed E-state index contributed by atoms with van der Waals surface area (Å²) in [4.78, 5) is 21.3. The highest BCUT2D eigenvalue weighted by atomic mass is 16.5. The molecule has 110 valence electrons. The molecule has 0 aliphatic heterocycles. The molecule has 0 aliphatic carbocycles. The van der Waals surface area contributed by atoms with E-state index in [0.717, 1.165) is 12.6 Å². The highest BCUT2D eigenvalue weighted by Gasteiger charge is 1.95. The summed E-state index contributed by atoms with van der Waals surface area (Å²) in [7, 11) is 0. The van der Waals surface area contributed by atoms with E-state index >= 15 is 0 Å². The van der Waals surface area contributed by atoms with E-state index in [-0.39, 0.29) is 13.2 Å². The fraction of sp³-hybridized carbons (Fsp3) is 0.111. The molecule has 0 heterocycles. The number of hydrogen-bond donors (Lipinski definition) is 0. The molecule has 2 rings (SSSR count). The molecule has 2 aromatic carbocycles. The lowest BCUT2D eigenvalue weighted by Crippen LogP contribution is -1.97. The van der Waals surface area contributed by atoms with Gasteiger partial charge in [0.1, 0.15) is 37.3 Å². The van der Waals surface area contributed by atoms with Crippen LogP contribution in [-0.2, 0) is 0 Å². The van der Waals surface area contributed by atoms with Crippen LogP contribution in [0.3, 0.4) is 0 Å². The van der Waals surface area contributed by atoms with Gasteiger partial charge in [0.15, 0.2) is 0 Å². The second-order valence-corrected chi connectivity index (χ2v) is 4.31. The van der Waals surface area contributed by atoms with E-state index in [1.165, 1.54) is 0 Å². The number of carbonyl (C=O) groups is 2. The van der Waals surface area contributed by atoms with Crippen LogP contribution in [0.4, 0.5) is 0 Å². The molecule has 0 fully saturated rings. The standard InChI is InChI=1S/C18H14O4/c19-13-15-5-3-7-17(11-15)21-9-1-2-10-22-18-8-4-6-16(12-18)14-20/h3-8,11-14H,9-10H2. The lowest BCUT2D eigenvalue weighted by atomic mass is 10.2.